The molecular formula is C24H34N6O5S. The Kier molecular flexibility index (Phi) is 8.08. The first-order valence-electron chi connectivity index (χ1n) is 12.0. The largest absolute Gasteiger partial charge is 0.462 e. The Morgan fingerprint density at radius 3 is 2.67 bits per heavy atom. The number of rotatable bonds is 8. The van der Waals surface area contributed by atoms with Gasteiger partial charge in [-0.3, -0.25) is 14.4 Å². The predicted octanol–water partition coefficient (Wildman–Crippen LogP) is 0.422. The number of piperidine rings is 1. The van der Waals surface area contributed by atoms with Gasteiger partial charge in [-0.25, -0.2) is 8.42 Å². The molecule has 0 radical (unpaired) electrons. The number of likely N-dealkylation sites (tertiary alicyclic amines) is 1. The molecule has 4 rings (SSSR count). The van der Waals surface area contributed by atoms with Gasteiger partial charge in [0.25, 0.3) is 5.91 Å². The van der Waals surface area contributed by atoms with Crippen molar-refractivity contribution in [3.05, 3.63) is 47.2 Å². The molecule has 196 valence electrons. The molecule has 0 bridgehead atoms. The number of aliphatic hydroxyl groups excluding tert-OH is 1. The summed E-state index contributed by atoms with van der Waals surface area (Å²) in [5.41, 5.74) is 2.64. The van der Waals surface area contributed by atoms with E-state index in [0.29, 0.717) is 19.5 Å². The molecule has 1 saturated heterocycles. The molecule has 11 nitrogen and oxygen atoms in total. The summed E-state index contributed by atoms with van der Waals surface area (Å²) in [6.07, 6.45) is 1.86. The Hall–Kier alpha value is -2.80. The molecule has 2 aromatic rings. The number of hydrogen-bond donors (Lipinski definition) is 2. The highest BCUT2D eigenvalue weighted by atomic mass is 32.2. The van der Waals surface area contributed by atoms with Crippen LogP contribution >= 0.6 is 0 Å². The van der Waals surface area contributed by atoms with Crippen molar-refractivity contribution in [1.29, 1.82) is 0 Å². The van der Waals surface area contributed by atoms with Crippen LogP contribution in [0.2, 0.25) is 0 Å². The number of aromatic nitrogens is 2. The van der Waals surface area contributed by atoms with Crippen molar-refractivity contribution in [1.82, 2.24) is 24.7 Å². The Bertz CT molecular complexity index is 1190. The Morgan fingerprint density at radius 1 is 1.22 bits per heavy atom. The van der Waals surface area contributed by atoms with E-state index in [0.717, 1.165) is 25.8 Å². The second kappa shape index (κ2) is 11.1. The van der Waals surface area contributed by atoms with Crippen molar-refractivity contribution in [2.24, 2.45) is 0 Å². The minimum absolute atomic E-state index is 0.00792. The summed E-state index contributed by atoms with van der Waals surface area (Å²) >= 11 is 0. The molecule has 2 aliphatic heterocycles. The van der Waals surface area contributed by atoms with E-state index in [2.05, 4.69) is 37.8 Å². The molecule has 1 aromatic carbocycles. The molecule has 2 aliphatic rings. The molecule has 2 atom stereocenters. The summed E-state index contributed by atoms with van der Waals surface area (Å²) in [4.78, 5) is 27.4. The molecule has 1 amide bonds. The van der Waals surface area contributed by atoms with Gasteiger partial charge < -0.3 is 19.6 Å². The topological polar surface area (TPSA) is 128 Å². The summed E-state index contributed by atoms with van der Waals surface area (Å²) in [7, 11) is 0.155. The zero-order chi connectivity index (χ0) is 25.9. The maximum absolute atomic E-state index is 13.3. The van der Waals surface area contributed by atoms with Crippen LogP contribution in [0.15, 0.2) is 30.3 Å². The second-order valence-corrected chi connectivity index (χ2v) is 11.4. The third kappa shape index (κ3) is 6.69. The van der Waals surface area contributed by atoms with Gasteiger partial charge in [0.15, 0.2) is 0 Å². The first-order chi connectivity index (χ1) is 17.1. The average Bonchev–Trinajstić information content (AvgIpc) is 2.82. The van der Waals surface area contributed by atoms with Crippen LogP contribution in [0, 0.1) is 0 Å². The number of nitrogens with zero attached hydrogens (tertiary/aromatic N) is 5. The lowest BCUT2D eigenvalue weighted by molar-refractivity contribution is -0.0139. The molecule has 0 saturated carbocycles. The lowest BCUT2D eigenvalue weighted by Gasteiger charge is -2.43. The zero-order valence-corrected chi connectivity index (χ0v) is 21.7. The highest BCUT2D eigenvalue weighted by Crippen LogP contribution is 2.26. The average molecular weight is 519 g/mol. The van der Waals surface area contributed by atoms with Gasteiger partial charge in [0.1, 0.15) is 18.1 Å². The lowest BCUT2D eigenvalue weighted by atomic mass is 9.94. The van der Waals surface area contributed by atoms with E-state index in [-0.39, 0.29) is 36.7 Å². The number of aliphatic hydroxyl groups is 1. The van der Waals surface area contributed by atoms with Crippen molar-refractivity contribution in [3.63, 3.8) is 0 Å². The minimum atomic E-state index is -3.62. The van der Waals surface area contributed by atoms with E-state index in [4.69, 9.17) is 4.74 Å². The molecule has 36 heavy (non-hydrogen) atoms. The fraction of sp³-hybridized carbons (Fsp3) is 0.542. The number of fused-ring (bicyclic) bond motifs is 1. The Morgan fingerprint density at radius 2 is 1.97 bits per heavy atom. The van der Waals surface area contributed by atoms with Crippen LogP contribution in [-0.4, -0.2) is 109 Å². The van der Waals surface area contributed by atoms with E-state index in [1.165, 1.54) is 17.2 Å². The first kappa shape index (κ1) is 26.3. The third-order valence-electron chi connectivity index (χ3n) is 6.45. The SMILES string of the molecule is CN(C)CCOc1nc(NS(C)(=O)=O)cc(C(=O)N2CC[C@@H](N3CCc4ccccc4C3)[C@H](O)C2)n1. The quantitative estimate of drug-likeness (QED) is 0.511. The molecular weight excluding hydrogens is 484 g/mol. The fourth-order valence-corrected chi connectivity index (χ4v) is 5.14. The van der Waals surface area contributed by atoms with Gasteiger partial charge in [-0.2, -0.15) is 9.97 Å². The van der Waals surface area contributed by atoms with Crippen molar-refractivity contribution >= 4 is 21.7 Å². The van der Waals surface area contributed by atoms with Crippen molar-refractivity contribution < 1.29 is 23.1 Å². The summed E-state index contributed by atoms with van der Waals surface area (Å²) < 4.78 is 31.4. The summed E-state index contributed by atoms with van der Waals surface area (Å²) in [6.45, 7) is 3.13. The van der Waals surface area contributed by atoms with Gasteiger partial charge in [-0.05, 0) is 38.1 Å². The van der Waals surface area contributed by atoms with Gasteiger partial charge >= 0.3 is 6.01 Å². The van der Waals surface area contributed by atoms with Crippen LogP contribution in [0.1, 0.15) is 28.0 Å². The Balaban J connectivity index is 1.45. The smallest absolute Gasteiger partial charge is 0.319 e. The van der Waals surface area contributed by atoms with Crippen LogP contribution < -0.4 is 9.46 Å². The summed E-state index contributed by atoms with van der Waals surface area (Å²) in [5, 5.41) is 11.0. The molecule has 0 unspecified atom stereocenters. The molecule has 2 N–H and O–H groups in total. The van der Waals surface area contributed by atoms with Crippen molar-refractivity contribution in [2.75, 3.05) is 57.9 Å². The highest BCUT2D eigenvalue weighted by molar-refractivity contribution is 7.92. The first-order valence-corrected chi connectivity index (χ1v) is 13.9. The highest BCUT2D eigenvalue weighted by Gasteiger charge is 2.36. The molecule has 1 fully saturated rings. The van der Waals surface area contributed by atoms with Crippen LogP contribution in [0.5, 0.6) is 6.01 Å². The number of hydrogen-bond acceptors (Lipinski definition) is 9. The molecule has 1 aromatic heterocycles. The van der Waals surface area contributed by atoms with Gasteiger partial charge in [0.2, 0.25) is 10.0 Å². The lowest BCUT2D eigenvalue weighted by Crippen LogP contribution is -2.56. The maximum Gasteiger partial charge on any atom is 0.319 e. The number of amides is 1. The van der Waals surface area contributed by atoms with Crippen LogP contribution in [0.25, 0.3) is 0 Å². The van der Waals surface area contributed by atoms with Gasteiger partial charge in [-0.1, -0.05) is 24.3 Å². The fourth-order valence-electron chi connectivity index (χ4n) is 4.65. The third-order valence-corrected chi connectivity index (χ3v) is 7.03. The number of sulfonamides is 1. The molecule has 0 spiro atoms. The molecule has 3 heterocycles. The van der Waals surface area contributed by atoms with Crippen LogP contribution in [-0.2, 0) is 23.0 Å². The number of carbonyl (C=O) groups excluding carboxylic acids is 1. The number of β-amino-alcohol motifs (C(OH)–C–C–N with tert-alkyl or cyclic N) is 1. The minimum Gasteiger partial charge on any atom is -0.462 e. The van der Waals surface area contributed by atoms with E-state index >= 15 is 0 Å². The molecule has 0 aliphatic carbocycles. The predicted molar refractivity (Wildman–Crippen MR) is 135 cm³/mol. The number of benzene rings is 1. The number of likely N-dealkylation sites (N-methyl/N-ethyl adjacent to an activating group) is 1. The van der Waals surface area contributed by atoms with E-state index in [1.54, 1.807) is 4.90 Å². The standard InChI is InChI=1S/C24H34N6O5S/c1-28(2)12-13-35-24-25-19(14-22(26-24)27-36(3,33)34)23(32)30-11-9-20(21(31)16-30)29-10-8-17-6-4-5-7-18(17)15-29/h4-7,14,20-21,31H,8-13,15-16H2,1-3H3,(H,25,26,27)/t20-,21-/m1/s1. The Labute approximate surface area is 212 Å². The van der Waals surface area contributed by atoms with Crippen LogP contribution in [0.4, 0.5) is 5.82 Å². The summed E-state index contributed by atoms with van der Waals surface area (Å²) in [5.74, 6) is -0.453. The van der Waals surface area contributed by atoms with Gasteiger partial charge in [0.05, 0.1) is 12.4 Å². The summed E-state index contributed by atoms with van der Waals surface area (Å²) in [6, 6.07) is 9.53. The van der Waals surface area contributed by atoms with Crippen LogP contribution in [0.3, 0.4) is 0 Å². The second-order valence-electron chi connectivity index (χ2n) is 9.61. The van der Waals surface area contributed by atoms with Gasteiger partial charge in [0, 0.05) is 44.8 Å². The number of carbonyl (C=O) groups is 1. The number of ether oxygens (including phenoxy) is 1. The number of nitrogens with one attached hydrogen (secondary N) is 1. The van der Waals surface area contributed by atoms with Crippen molar-refractivity contribution in [2.45, 2.75) is 31.5 Å². The normalized spacial score (nSPS) is 20.8. The van der Waals surface area contributed by atoms with E-state index in [9.17, 15) is 18.3 Å². The number of anilines is 1. The van der Waals surface area contributed by atoms with E-state index in [1.807, 2.05) is 25.1 Å². The maximum atomic E-state index is 13.3. The molecule has 12 heteroatoms. The van der Waals surface area contributed by atoms with Gasteiger partial charge in [-0.15, -0.1) is 0 Å². The van der Waals surface area contributed by atoms with Crippen molar-refractivity contribution in [3.8, 4) is 6.01 Å². The monoisotopic (exact) mass is 518 g/mol. The van der Waals surface area contributed by atoms with E-state index < -0.39 is 22.0 Å². The zero-order valence-electron chi connectivity index (χ0n) is 20.9.